The van der Waals surface area contributed by atoms with Crippen LogP contribution < -0.4 is 5.32 Å². The minimum absolute atomic E-state index is 0.0250. The number of para-hydroxylation sites is 1. The lowest BCUT2D eigenvalue weighted by Crippen LogP contribution is -2.26. The molecule has 0 aliphatic heterocycles. The summed E-state index contributed by atoms with van der Waals surface area (Å²) in [6.07, 6.45) is 4.60. The molecule has 1 amide bonds. The van der Waals surface area contributed by atoms with Crippen LogP contribution in [0.5, 0.6) is 0 Å². The second-order valence-electron chi connectivity index (χ2n) is 5.95. The third-order valence-electron chi connectivity index (χ3n) is 3.98. The topological polar surface area (TPSA) is 46.9 Å². The molecule has 3 aromatic rings. The number of nitrogens with zero attached hydrogens (tertiary/aromatic N) is 2. The normalized spacial score (nSPS) is 10.6. The molecule has 0 saturated carbocycles. The standard InChI is InChI=1S/C20H21N3O/c1-15-8-9-19(16(2)12-15)20(24)21-11-10-17-13-22-23(14-17)18-6-4-3-5-7-18/h3-9,12-14H,10-11H2,1-2H3,(H,21,24). The van der Waals surface area contributed by atoms with Crippen molar-refractivity contribution in [2.75, 3.05) is 6.54 Å². The molecule has 0 spiro atoms. The number of hydrogen-bond acceptors (Lipinski definition) is 2. The van der Waals surface area contributed by atoms with Gasteiger partial charge in [0.15, 0.2) is 0 Å². The number of aromatic nitrogens is 2. The Hall–Kier alpha value is -2.88. The van der Waals surface area contributed by atoms with Crippen molar-refractivity contribution in [2.24, 2.45) is 0 Å². The van der Waals surface area contributed by atoms with E-state index in [4.69, 9.17) is 0 Å². The summed E-state index contributed by atoms with van der Waals surface area (Å²) in [5, 5.41) is 7.35. The molecule has 1 aromatic heterocycles. The lowest BCUT2D eigenvalue weighted by Gasteiger charge is -2.08. The minimum Gasteiger partial charge on any atom is -0.352 e. The lowest BCUT2D eigenvalue weighted by atomic mass is 10.1. The third kappa shape index (κ3) is 3.71. The Labute approximate surface area is 142 Å². The number of rotatable bonds is 5. The van der Waals surface area contributed by atoms with Gasteiger partial charge in [0, 0.05) is 18.3 Å². The highest BCUT2D eigenvalue weighted by atomic mass is 16.1. The number of aryl methyl sites for hydroxylation is 2. The fourth-order valence-corrected chi connectivity index (χ4v) is 2.70. The van der Waals surface area contributed by atoms with Gasteiger partial charge in [-0.3, -0.25) is 4.79 Å². The van der Waals surface area contributed by atoms with Crippen LogP contribution in [-0.4, -0.2) is 22.2 Å². The summed E-state index contributed by atoms with van der Waals surface area (Å²) in [4.78, 5) is 12.3. The van der Waals surface area contributed by atoms with Gasteiger partial charge in [-0.25, -0.2) is 4.68 Å². The summed E-state index contributed by atoms with van der Waals surface area (Å²) in [5.41, 5.74) is 5.03. The molecule has 1 N–H and O–H groups in total. The molecule has 0 fully saturated rings. The molecule has 3 rings (SSSR count). The van der Waals surface area contributed by atoms with Crippen molar-refractivity contribution in [3.05, 3.63) is 83.2 Å². The molecular weight excluding hydrogens is 298 g/mol. The van der Waals surface area contributed by atoms with Gasteiger partial charge in [0.05, 0.1) is 11.9 Å². The van der Waals surface area contributed by atoms with Crippen molar-refractivity contribution in [1.29, 1.82) is 0 Å². The summed E-state index contributed by atoms with van der Waals surface area (Å²) < 4.78 is 1.85. The van der Waals surface area contributed by atoms with E-state index in [2.05, 4.69) is 10.4 Å². The van der Waals surface area contributed by atoms with E-state index in [0.29, 0.717) is 6.54 Å². The molecule has 122 valence electrons. The Bertz CT molecular complexity index is 837. The van der Waals surface area contributed by atoms with Crippen LogP contribution in [0.1, 0.15) is 27.0 Å². The van der Waals surface area contributed by atoms with Crippen molar-refractivity contribution < 1.29 is 4.79 Å². The maximum absolute atomic E-state index is 12.3. The van der Waals surface area contributed by atoms with E-state index < -0.39 is 0 Å². The minimum atomic E-state index is -0.0250. The summed E-state index contributed by atoms with van der Waals surface area (Å²) in [5.74, 6) is -0.0250. The predicted molar refractivity (Wildman–Crippen MR) is 95.5 cm³/mol. The zero-order chi connectivity index (χ0) is 16.9. The highest BCUT2D eigenvalue weighted by Crippen LogP contribution is 2.11. The number of nitrogens with one attached hydrogen (secondary N) is 1. The molecule has 0 saturated heterocycles. The Morgan fingerprint density at radius 2 is 1.92 bits per heavy atom. The first-order valence-corrected chi connectivity index (χ1v) is 8.08. The van der Waals surface area contributed by atoms with Crippen molar-refractivity contribution in [2.45, 2.75) is 20.3 Å². The second-order valence-corrected chi connectivity index (χ2v) is 5.95. The van der Waals surface area contributed by atoms with Gasteiger partial charge in [0.1, 0.15) is 0 Å². The molecule has 0 bridgehead atoms. The molecule has 4 heteroatoms. The van der Waals surface area contributed by atoms with Gasteiger partial charge < -0.3 is 5.32 Å². The van der Waals surface area contributed by atoms with Crippen LogP contribution >= 0.6 is 0 Å². The quantitative estimate of drug-likeness (QED) is 0.783. The van der Waals surface area contributed by atoms with Crippen molar-refractivity contribution in [3.8, 4) is 5.69 Å². The molecule has 1 heterocycles. The van der Waals surface area contributed by atoms with Gasteiger partial charge in [-0.2, -0.15) is 5.10 Å². The monoisotopic (exact) mass is 319 g/mol. The molecule has 0 radical (unpaired) electrons. The summed E-state index contributed by atoms with van der Waals surface area (Å²) in [6, 6.07) is 15.9. The Morgan fingerprint density at radius 3 is 2.67 bits per heavy atom. The van der Waals surface area contributed by atoms with Crippen molar-refractivity contribution in [3.63, 3.8) is 0 Å². The molecular formula is C20H21N3O. The van der Waals surface area contributed by atoms with Crippen LogP contribution in [0.4, 0.5) is 0 Å². The molecule has 4 nitrogen and oxygen atoms in total. The highest BCUT2D eigenvalue weighted by molar-refractivity contribution is 5.95. The van der Waals surface area contributed by atoms with Crippen molar-refractivity contribution >= 4 is 5.91 Å². The smallest absolute Gasteiger partial charge is 0.251 e. The van der Waals surface area contributed by atoms with Gasteiger partial charge in [0.2, 0.25) is 0 Å². The Kier molecular flexibility index (Phi) is 4.75. The van der Waals surface area contributed by atoms with E-state index in [1.54, 1.807) is 0 Å². The first kappa shape index (κ1) is 16.0. The first-order valence-electron chi connectivity index (χ1n) is 8.08. The summed E-state index contributed by atoms with van der Waals surface area (Å²) in [6.45, 7) is 4.58. The molecule has 2 aromatic carbocycles. The van der Waals surface area contributed by atoms with Crippen LogP contribution in [0.25, 0.3) is 5.69 Å². The van der Waals surface area contributed by atoms with Gasteiger partial charge in [-0.15, -0.1) is 0 Å². The fourth-order valence-electron chi connectivity index (χ4n) is 2.70. The van der Waals surface area contributed by atoms with Gasteiger partial charge in [-0.1, -0.05) is 35.9 Å². The van der Waals surface area contributed by atoms with E-state index in [0.717, 1.165) is 34.4 Å². The van der Waals surface area contributed by atoms with E-state index in [1.165, 1.54) is 0 Å². The molecule has 0 atom stereocenters. The maximum Gasteiger partial charge on any atom is 0.251 e. The molecule has 0 aliphatic carbocycles. The molecule has 0 unspecified atom stereocenters. The highest BCUT2D eigenvalue weighted by Gasteiger charge is 2.08. The number of hydrogen-bond donors (Lipinski definition) is 1. The van der Waals surface area contributed by atoms with Crippen LogP contribution in [0.15, 0.2) is 60.9 Å². The van der Waals surface area contributed by atoms with E-state index in [1.807, 2.05) is 79.5 Å². The van der Waals surface area contributed by atoms with Crippen LogP contribution in [0, 0.1) is 13.8 Å². The summed E-state index contributed by atoms with van der Waals surface area (Å²) >= 11 is 0. The van der Waals surface area contributed by atoms with Crippen LogP contribution in [0.2, 0.25) is 0 Å². The maximum atomic E-state index is 12.3. The van der Waals surface area contributed by atoms with Crippen LogP contribution in [0.3, 0.4) is 0 Å². The zero-order valence-electron chi connectivity index (χ0n) is 14.0. The predicted octanol–water partition coefficient (Wildman–Crippen LogP) is 3.46. The number of benzene rings is 2. The van der Waals surface area contributed by atoms with Gasteiger partial charge >= 0.3 is 0 Å². The fraction of sp³-hybridized carbons (Fsp3) is 0.200. The molecule has 0 aliphatic rings. The van der Waals surface area contributed by atoms with Crippen molar-refractivity contribution in [1.82, 2.24) is 15.1 Å². The zero-order valence-corrected chi connectivity index (χ0v) is 14.0. The average Bonchev–Trinajstić information content (AvgIpc) is 3.04. The number of amides is 1. The Morgan fingerprint density at radius 1 is 1.12 bits per heavy atom. The van der Waals surface area contributed by atoms with Gasteiger partial charge in [-0.05, 0) is 49.6 Å². The van der Waals surface area contributed by atoms with E-state index >= 15 is 0 Å². The number of carbonyl (C=O) groups is 1. The molecule has 24 heavy (non-hydrogen) atoms. The Balaban J connectivity index is 1.57. The van der Waals surface area contributed by atoms with E-state index in [-0.39, 0.29) is 5.91 Å². The SMILES string of the molecule is Cc1ccc(C(=O)NCCc2cnn(-c3ccccc3)c2)c(C)c1. The second kappa shape index (κ2) is 7.13. The van der Waals surface area contributed by atoms with Gasteiger partial charge in [0.25, 0.3) is 5.91 Å². The largest absolute Gasteiger partial charge is 0.352 e. The third-order valence-corrected chi connectivity index (χ3v) is 3.98. The number of carbonyl (C=O) groups excluding carboxylic acids is 1. The first-order chi connectivity index (χ1) is 11.6. The van der Waals surface area contributed by atoms with E-state index in [9.17, 15) is 4.79 Å². The summed E-state index contributed by atoms with van der Waals surface area (Å²) in [7, 11) is 0. The van der Waals surface area contributed by atoms with Crippen LogP contribution in [-0.2, 0) is 6.42 Å². The lowest BCUT2D eigenvalue weighted by molar-refractivity contribution is 0.0953. The average molecular weight is 319 g/mol.